The predicted molar refractivity (Wildman–Crippen MR) is 114 cm³/mol. The lowest BCUT2D eigenvalue weighted by Crippen LogP contribution is -2.33. The van der Waals surface area contributed by atoms with Crippen molar-refractivity contribution >= 4 is 40.2 Å². The van der Waals surface area contributed by atoms with Crippen molar-refractivity contribution in [3.8, 4) is 5.75 Å². The zero-order valence-electron chi connectivity index (χ0n) is 15.5. The number of para-hydroxylation sites is 2. The highest BCUT2D eigenvalue weighted by Crippen LogP contribution is 2.28. The van der Waals surface area contributed by atoms with Crippen LogP contribution in [0, 0.1) is 0 Å². The molecule has 1 aliphatic heterocycles. The molecule has 2 heterocycles. The molecule has 0 radical (unpaired) electrons. The van der Waals surface area contributed by atoms with Crippen LogP contribution in [0.4, 0.5) is 5.95 Å². The largest absolute Gasteiger partial charge is 0.489 e. The monoisotopic (exact) mass is 419 g/mol. The van der Waals surface area contributed by atoms with Gasteiger partial charge in [0.1, 0.15) is 18.5 Å². The maximum Gasteiger partial charge on any atom is 0.206 e. The fraction of sp³-hybridized carbons (Fsp3) is 0.381. The molecule has 0 spiro atoms. The van der Waals surface area contributed by atoms with E-state index in [4.69, 9.17) is 32.9 Å². The van der Waals surface area contributed by atoms with Crippen molar-refractivity contribution in [3.63, 3.8) is 0 Å². The van der Waals surface area contributed by atoms with Crippen LogP contribution in [0.25, 0.3) is 11.0 Å². The lowest BCUT2D eigenvalue weighted by Gasteiger charge is -2.28. The second-order valence-electron chi connectivity index (χ2n) is 7.10. The number of hydrogen-bond acceptors (Lipinski definition) is 4. The molecule has 3 aromatic rings. The van der Waals surface area contributed by atoms with Crippen molar-refractivity contribution in [1.82, 2.24) is 9.55 Å². The smallest absolute Gasteiger partial charge is 0.206 e. The van der Waals surface area contributed by atoms with Gasteiger partial charge in [0, 0.05) is 18.1 Å². The molecule has 1 aromatic heterocycles. The second-order valence-corrected chi connectivity index (χ2v) is 7.94. The summed E-state index contributed by atoms with van der Waals surface area (Å²) >= 11 is 12.1. The molecule has 0 aliphatic carbocycles. The van der Waals surface area contributed by atoms with Crippen molar-refractivity contribution < 1.29 is 9.84 Å². The first-order valence-electron chi connectivity index (χ1n) is 9.58. The summed E-state index contributed by atoms with van der Waals surface area (Å²) in [5, 5.41) is 11.6. The molecule has 0 bridgehead atoms. The molecule has 0 saturated carbocycles. The Hall–Kier alpha value is -1.95. The van der Waals surface area contributed by atoms with Crippen LogP contribution in [-0.4, -0.2) is 40.5 Å². The predicted octanol–water partition coefficient (Wildman–Crippen LogP) is 4.77. The number of halogens is 2. The molecular weight excluding hydrogens is 397 g/mol. The van der Waals surface area contributed by atoms with Gasteiger partial charge in [0.2, 0.25) is 5.95 Å². The molecule has 1 saturated heterocycles. The second kappa shape index (κ2) is 8.60. The first kappa shape index (κ1) is 19.4. The van der Waals surface area contributed by atoms with Crippen molar-refractivity contribution in [3.05, 3.63) is 52.5 Å². The Morgan fingerprint density at radius 2 is 1.86 bits per heavy atom. The number of benzene rings is 2. The van der Waals surface area contributed by atoms with Gasteiger partial charge in [-0.25, -0.2) is 4.98 Å². The molecule has 4 rings (SSSR count). The van der Waals surface area contributed by atoms with Gasteiger partial charge in [0.05, 0.1) is 22.6 Å². The van der Waals surface area contributed by atoms with E-state index < -0.39 is 6.10 Å². The molecule has 1 unspecified atom stereocenters. The van der Waals surface area contributed by atoms with Crippen LogP contribution in [0.5, 0.6) is 5.75 Å². The third kappa shape index (κ3) is 4.22. The Kier molecular flexibility index (Phi) is 5.95. The minimum Gasteiger partial charge on any atom is -0.489 e. The Morgan fingerprint density at radius 3 is 2.64 bits per heavy atom. The molecule has 2 aromatic carbocycles. The van der Waals surface area contributed by atoms with Crippen LogP contribution >= 0.6 is 23.2 Å². The van der Waals surface area contributed by atoms with Gasteiger partial charge < -0.3 is 19.3 Å². The molecule has 1 fully saturated rings. The first-order chi connectivity index (χ1) is 13.6. The van der Waals surface area contributed by atoms with Gasteiger partial charge in [0.15, 0.2) is 0 Å². The third-order valence-electron chi connectivity index (χ3n) is 4.99. The Labute approximate surface area is 174 Å². The van der Waals surface area contributed by atoms with E-state index in [0.29, 0.717) is 22.3 Å². The van der Waals surface area contributed by atoms with E-state index in [1.165, 1.54) is 19.3 Å². The number of aliphatic hydroxyl groups is 1. The molecule has 5 nitrogen and oxygen atoms in total. The maximum absolute atomic E-state index is 10.6. The van der Waals surface area contributed by atoms with Gasteiger partial charge in [0.25, 0.3) is 0 Å². The van der Waals surface area contributed by atoms with Crippen molar-refractivity contribution in [2.45, 2.75) is 31.9 Å². The van der Waals surface area contributed by atoms with Crippen molar-refractivity contribution in [2.24, 2.45) is 0 Å². The van der Waals surface area contributed by atoms with E-state index in [9.17, 15) is 5.11 Å². The molecule has 148 valence electrons. The summed E-state index contributed by atoms with van der Waals surface area (Å²) in [6.45, 7) is 2.53. The van der Waals surface area contributed by atoms with E-state index in [1.807, 2.05) is 24.3 Å². The number of imidazole rings is 1. The quantitative estimate of drug-likeness (QED) is 0.624. The Morgan fingerprint density at radius 1 is 1.07 bits per heavy atom. The van der Waals surface area contributed by atoms with Crippen molar-refractivity contribution in [2.75, 3.05) is 24.6 Å². The molecule has 28 heavy (non-hydrogen) atoms. The number of anilines is 1. The van der Waals surface area contributed by atoms with Crippen molar-refractivity contribution in [1.29, 1.82) is 0 Å². The molecule has 1 aliphatic rings. The number of fused-ring (bicyclic) bond motifs is 1. The molecule has 7 heteroatoms. The Balaban J connectivity index is 1.52. The van der Waals surface area contributed by atoms with Gasteiger partial charge in [-0.05, 0) is 49.6 Å². The van der Waals surface area contributed by atoms with Gasteiger partial charge in [-0.3, -0.25) is 0 Å². The zero-order chi connectivity index (χ0) is 19.5. The normalized spacial score (nSPS) is 15.8. The number of hydrogen-bond donors (Lipinski definition) is 1. The van der Waals surface area contributed by atoms with Crippen LogP contribution in [0.1, 0.15) is 19.3 Å². The summed E-state index contributed by atoms with van der Waals surface area (Å²) in [6.07, 6.45) is 2.90. The molecular formula is C21H23Cl2N3O2. The number of piperidine rings is 1. The van der Waals surface area contributed by atoms with E-state index in [-0.39, 0.29) is 6.61 Å². The summed E-state index contributed by atoms with van der Waals surface area (Å²) in [5.41, 5.74) is 1.96. The minimum absolute atomic E-state index is 0.132. The number of nitrogens with zero attached hydrogens (tertiary/aromatic N) is 3. The van der Waals surface area contributed by atoms with Gasteiger partial charge in [-0.15, -0.1) is 0 Å². The standard InChI is InChI=1S/C21H23Cl2N3O2/c22-15-8-9-20(17(23)12-15)28-14-16(27)13-26-19-7-3-2-6-18(19)24-21(26)25-10-4-1-5-11-25/h2-3,6-9,12,16,27H,1,4-5,10-11,13-14H2. The zero-order valence-corrected chi connectivity index (χ0v) is 17.0. The number of ether oxygens (including phenoxy) is 1. The highest BCUT2D eigenvalue weighted by atomic mass is 35.5. The van der Waals surface area contributed by atoms with Crippen LogP contribution in [0.3, 0.4) is 0 Å². The highest BCUT2D eigenvalue weighted by Gasteiger charge is 2.21. The maximum atomic E-state index is 10.6. The fourth-order valence-corrected chi connectivity index (χ4v) is 4.08. The fourth-order valence-electron chi connectivity index (χ4n) is 3.62. The van der Waals surface area contributed by atoms with Crippen LogP contribution < -0.4 is 9.64 Å². The van der Waals surface area contributed by atoms with E-state index in [0.717, 1.165) is 30.1 Å². The summed E-state index contributed by atoms with van der Waals surface area (Å²) in [5.74, 6) is 1.43. The van der Waals surface area contributed by atoms with Gasteiger partial charge in [-0.2, -0.15) is 0 Å². The van der Waals surface area contributed by atoms with Crippen LogP contribution in [0.15, 0.2) is 42.5 Å². The number of aromatic nitrogens is 2. The third-order valence-corrected chi connectivity index (χ3v) is 5.52. The van der Waals surface area contributed by atoms with Crippen LogP contribution in [0.2, 0.25) is 10.0 Å². The summed E-state index contributed by atoms with van der Waals surface area (Å²) in [7, 11) is 0. The number of aliphatic hydroxyl groups excluding tert-OH is 1. The summed E-state index contributed by atoms with van der Waals surface area (Å²) in [6, 6.07) is 13.1. The highest BCUT2D eigenvalue weighted by molar-refractivity contribution is 6.35. The average molecular weight is 420 g/mol. The first-order valence-corrected chi connectivity index (χ1v) is 10.3. The summed E-state index contributed by atoms with van der Waals surface area (Å²) in [4.78, 5) is 7.15. The van der Waals surface area contributed by atoms with E-state index in [2.05, 4.69) is 9.47 Å². The number of rotatable bonds is 6. The summed E-state index contributed by atoms with van der Waals surface area (Å²) < 4.78 is 7.81. The van der Waals surface area contributed by atoms with E-state index in [1.54, 1.807) is 18.2 Å². The van der Waals surface area contributed by atoms with E-state index >= 15 is 0 Å². The van der Waals surface area contributed by atoms with Gasteiger partial charge in [-0.1, -0.05) is 35.3 Å². The molecule has 0 amide bonds. The SMILES string of the molecule is OC(COc1ccc(Cl)cc1Cl)Cn1c(N2CCCCC2)nc2ccccc21. The minimum atomic E-state index is -0.701. The lowest BCUT2D eigenvalue weighted by molar-refractivity contribution is 0.0937. The topological polar surface area (TPSA) is 50.5 Å². The average Bonchev–Trinajstić information content (AvgIpc) is 3.06. The molecule has 1 N–H and O–H groups in total. The Bertz CT molecular complexity index is 954. The molecule has 1 atom stereocenters. The van der Waals surface area contributed by atoms with Crippen LogP contribution in [-0.2, 0) is 6.54 Å². The lowest BCUT2D eigenvalue weighted by atomic mass is 10.1. The van der Waals surface area contributed by atoms with Gasteiger partial charge >= 0.3 is 0 Å².